The van der Waals surface area contributed by atoms with E-state index in [9.17, 15) is 0 Å². The maximum absolute atomic E-state index is 8.68. The highest BCUT2D eigenvalue weighted by Crippen LogP contribution is 2.38. The van der Waals surface area contributed by atoms with Gasteiger partial charge in [-0.15, -0.1) is 0 Å². The summed E-state index contributed by atoms with van der Waals surface area (Å²) >= 11 is 13.0. The Labute approximate surface area is 411 Å². The predicted molar refractivity (Wildman–Crippen MR) is 278 cm³/mol. The summed E-state index contributed by atoms with van der Waals surface area (Å²) in [5.41, 5.74) is 8.32. The van der Waals surface area contributed by atoms with E-state index >= 15 is 0 Å². The van der Waals surface area contributed by atoms with Gasteiger partial charge in [-0.05, 0) is 65.6 Å². The van der Waals surface area contributed by atoms with Crippen molar-refractivity contribution in [3.05, 3.63) is 208 Å². The highest BCUT2D eigenvalue weighted by Gasteiger charge is 2.19. The largest absolute Gasteiger partial charge is 0.488 e. The van der Waals surface area contributed by atoms with Crippen molar-refractivity contribution < 1.29 is 18.9 Å². The number of aromatic nitrogens is 6. The first kappa shape index (κ1) is 44.5. The molecule has 10 nitrogen and oxygen atoms in total. The van der Waals surface area contributed by atoms with Crippen LogP contribution in [-0.2, 0) is 0 Å². The number of benzene rings is 8. The van der Waals surface area contributed by atoms with Gasteiger partial charge in [0, 0.05) is 58.3 Å². The van der Waals surface area contributed by atoms with E-state index in [4.69, 9.17) is 45.4 Å². The van der Waals surface area contributed by atoms with Gasteiger partial charge in [0.25, 0.3) is 0 Å². The van der Waals surface area contributed by atoms with Gasteiger partial charge in [-0.2, -0.15) is 9.97 Å². The number of fused-ring (bicyclic) bond motifs is 6. The van der Waals surface area contributed by atoms with Crippen LogP contribution in [0.2, 0.25) is 5.28 Å². The number of hydrogen-bond donors (Lipinski definition) is 2. The lowest BCUT2D eigenvalue weighted by Crippen LogP contribution is -2.29. The van der Waals surface area contributed by atoms with Crippen molar-refractivity contribution in [1.82, 2.24) is 29.9 Å². The molecule has 4 aromatic heterocycles. The van der Waals surface area contributed by atoms with Gasteiger partial charge in [-0.25, -0.2) is 19.9 Å². The third kappa shape index (κ3) is 9.57. The minimum atomic E-state index is -1.38. The molecule has 14 heteroatoms. The van der Waals surface area contributed by atoms with Crippen LogP contribution in [0.1, 0.15) is 0 Å². The van der Waals surface area contributed by atoms with E-state index in [1.54, 1.807) is 18.2 Å². The molecule has 4 heterocycles. The van der Waals surface area contributed by atoms with Crippen molar-refractivity contribution in [3.63, 3.8) is 0 Å². The van der Waals surface area contributed by atoms with Crippen LogP contribution < -0.4 is 5.46 Å². The lowest BCUT2D eigenvalue weighted by Gasteiger charge is -2.09. The van der Waals surface area contributed by atoms with Crippen molar-refractivity contribution in [2.45, 2.75) is 0 Å². The van der Waals surface area contributed by atoms with E-state index in [1.807, 2.05) is 170 Å². The van der Waals surface area contributed by atoms with Crippen LogP contribution in [0.4, 0.5) is 0 Å². The summed E-state index contributed by atoms with van der Waals surface area (Å²) in [5, 5.41) is 21.6. The second-order valence-electron chi connectivity index (χ2n) is 15.3. The maximum Gasteiger partial charge on any atom is 0.488 e. The summed E-state index contributed by atoms with van der Waals surface area (Å²) < 4.78 is 13.9. The molecule has 0 spiro atoms. The van der Waals surface area contributed by atoms with Crippen LogP contribution in [0.5, 0.6) is 0 Å². The normalized spacial score (nSPS) is 11.0. The number of halogens is 3. The summed E-state index contributed by atoms with van der Waals surface area (Å²) in [6, 6.07) is 62.4. The van der Waals surface area contributed by atoms with Gasteiger partial charge in [0.2, 0.25) is 5.28 Å². The van der Waals surface area contributed by atoms with Crippen molar-refractivity contribution in [2.24, 2.45) is 0 Å². The molecule has 0 saturated carbocycles. The van der Waals surface area contributed by atoms with Crippen LogP contribution in [-0.4, -0.2) is 47.1 Å². The Bertz CT molecular complexity index is 3750. The molecular weight excluding hydrogens is 1000 g/mol. The van der Waals surface area contributed by atoms with E-state index in [-0.39, 0.29) is 5.28 Å². The van der Waals surface area contributed by atoms with E-state index < -0.39 is 7.12 Å². The molecule has 8 aromatic carbocycles. The van der Waals surface area contributed by atoms with Crippen molar-refractivity contribution in [2.75, 3.05) is 0 Å². The number of furan rings is 2. The highest BCUT2D eigenvalue weighted by molar-refractivity contribution is 9.10. The van der Waals surface area contributed by atoms with Crippen LogP contribution >= 0.6 is 43.5 Å². The Morgan fingerprint density at radius 1 is 0.382 bits per heavy atom. The fourth-order valence-electron chi connectivity index (χ4n) is 7.75. The SMILES string of the molecule is Brc1cccc(-c2nc(-c3ccccc3)nc(-c3cccc4oc5ccccc5c34)n2)c1.Clc1nc(-c2ccccc2)nc(-c2cccc3oc4ccccc4c23)n1.OB(O)c1cccc(Br)c1. The molecule has 0 saturated heterocycles. The fraction of sp³-hybridized carbons (Fsp3) is 0. The third-order valence-electron chi connectivity index (χ3n) is 10.8. The first-order valence-electron chi connectivity index (χ1n) is 21.2. The monoisotopic (exact) mass is 1030 g/mol. The van der Waals surface area contributed by atoms with Crippen LogP contribution in [0.3, 0.4) is 0 Å². The molecule has 0 aliphatic rings. The van der Waals surface area contributed by atoms with E-state index in [0.29, 0.717) is 34.6 Å². The molecule has 0 aliphatic carbocycles. The number of nitrogens with zero attached hydrogens (tertiary/aromatic N) is 6. The first-order chi connectivity index (χ1) is 33.3. The number of rotatable bonds is 6. The minimum absolute atomic E-state index is 0.165. The molecule has 0 amide bonds. The Balaban J connectivity index is 0.000000134. The zero-order valence-corrected chi connectivity index (χ0v) is 39.5. The van der Waals surface area contributed by atoms with Crippen molar-refractivity contribution in [3.8, 4) is 56.9 Å². The lowest BCUT2D eigenvalue weighted by molar-refractivity contribution is 0.425. The van der Waals surface area contributed by atoms with Crippen LogP contribution in [0.25, 0.3) is 101 Å². The number of hydrogen-bond acceptors (Lipinski definition) is 10. The Morgan fingerprint density at radius 2 is 0.779 bits per heavy atom. The van der Waals surface area contributed by atoms with Crippen molar-refractivity contribution >= 4 is 99.9 Å². The standard InChI is InChI=1S/C27H16BrN3O.C21H12ClN3O.C6H6BBrO2/c28-19-11-6-10-18(16-19)26-29-25(17-8-2-1-3-9-17)30-27(31-26)21-13-7-15-23-24(21)20-12-4-5-14-22(20)32-23;22-21-24-19(13-7-2-1-3-8-13)23-20(25-21)15-10-6-12-17-18(15)14-9-4-5-11-16(14)26-17;8-6-3-1-2-5(4-6)7(9)10/h1-16H;1-12H;1-4,9-10H. The summed E-state index contributed by atoms with van der Waals surface area (Å²) in [4.78, 5) is 27.9. The topological polar surface area (TPSA) is 144 Å². The molecule has 68 heavy (non-hydrogen) atoms. The van der Waals surface area contributed by atoms with Gasteiger partial charge in [-0.3, -0.25) is 0 Å². The first-order valence-corrected chi connectivity index (χ1v) is 23.2. The lowest BCUT2D eigenvalue weighted by atomic mass is 9.81. The molecule has 0 bridgehead atoms. The molecule has 0 fully saturated rings. The third-order valence-corrected chi connectivity index (χ3v) is 12.0. The maximum atomic E-state index is 8.68. The summed E-state index contributed by atoms with van der Waals surface area (Å²) in [6.45, 7) is 0. The van der Waals surface area contributed by atoms with Gasteiger partial charge in [-0.1, -0.05) is 177 Å². The smallest absolute Gasteiger partial charge is 0.456 e. The quantitative estimate of drug-likeness (QED) is 0.154. The average Bonchev–Trinajstić information content (AvgIpc) is 3.96. The zero-order valence-electron chi connectivity index (χ0n) is 35.6. The van der Waals surface area contributed by atoms with Crippen molar-refractivity contribution in [1.29, 1.82) is 0 Å². The fourth-order valence-corrected chi connectivity index (χ4v) is 8.72. The predicted octanol–water partition coefficient (Wildman–Crippen LogP) is 13.4. The molecule has 12 aromatic rings. The summed E-state index contributed by atoms with van der Waals surface area (Å²) in [5.74, 6) is 2.95. The number of para-hydroxylation sites is 2. The average molecular weight is 1040 g/mol. The zero-order chi connectivity index (χ0) is 46.6. The Hall–Kier alpha value is -7.39. The Morgan fingerprint density at radius 3 is 1.29 bits per heavy atom. The summed E-state index contributed by atoms with van der Waals surface area (Å²) in [7, 11) is -1.38. The van der Waals surface area contributed by atoms with Gasteiger partial charge in [0.15, 0.2) is 29.1 Å². The molecule has 0 aliphatic heterocycles. The van der Waals surface area contributed by atoms with Crippen LogP contribution in [0.15, 0.2) is 212 Å². The molecule has 0 atom stereocenters. The van der Waals surface area contributed by atoms with E-state index in [0.717, 1.165) is 80.6 Å². The van der Waals surface area contributed by atoms with Gasteiger partial charge in [0.1, 0.15) is 22.3 Å². The van der Waals surface area contributed by atoms with Crippen LogP contribution in [0, 0.1) is 0 Å². The van der Waals surface area contributed by atoms with Gasteiger partial charge in [0.05, 0.1) is 0 Å². The minimum Gasteiger partial charge on any atom is -0.456 e. The van der Waals surface area contributed by atoms with E-state index in [2.05, 4.69) is 52.9 Å². The molecular formula is C54H34BBr2ClN6O4. The molecule has 2 N–H and O–H groups in total. The van der Waals surface area contributed by atoms with E-state index in [1.165, 1.54) is 0 Å². The van der Waals surface area contributed by atoms with Gasteiger partial charge < -0.3 is 18.9 Å². The molecule has 0 unspecified atom stereocenters. The second-order valence-corrected chi connectivity index (χ2v) is 17.5. The molecule has 12 rings (SSSR count). The molecule has 0 radical (unpaired) electrons. The summed E-state index contributed by atoms with van der Waals surface area (Å²) in [6.07, 6.45) is 0. The highest BCUT2D eigenvalue weighted by atomic mass is 79.9. The molecule has 328 valence electrons. The second kappa shape index (κ2) is 19.8. The Kier molecular flexibility index (Phi) is 13.0. The van der Waals surface area contributed by atoms with Gasteiger partial charge >= 0.3 is 7.12 Å².